The number of aryl methyl sites for hydroxylation is 1. The maximum Gasteiger partial charge on any atom is 0.227 e. The molecule has 0 bridgehead atoms. The molecule has 0 aromatic heterocycles. The van der Waals surface area contributed by atoms with Gasteiger partial charge in [-0.25, -0.2) is 8.42 Å². The molecule has 2 fully saturated rings. The molecule has 0 saturated carbocycles. The highest BCUT2D eigenvalue weighted by Crippen LogP contribution is 2.45. The van der Waals surface area contributed by atoms with Crippen molar-refractivity contribution in [2.75, 3.05) is 32.1 Å². The van der Waals surface area contributed by atoms with Gasteiger partial charge in [0.15, 0.2) is 9.84 Å². The first-order valence-corrected chi connectivity index (χ1v) is 10.2. The summed E-state index contributed by atoms with van der Waals surface area (Å²) in [5, 5.41) is 0. The second kappa shape index (κ2) is 6.48. The number of likely N-dealkylation sites (tertiary alicyclic amines) is 1. The maximum absolute atomic E-state index is 12.5. The highest BCUT2D eigenvalue weighted by Gasteiger charge is 2.62. The van der Waals surface area contributed by atoms with Crippen LogP contribution in [0.15, 0.2) is 24.3 Å². The van der Waals surface area contributed by atoms with Crippen molar-refractivity contribution in [3.63, 3.8) is 0 Å². The van der Waals surface area contributed by atoms with Gasteiger partial charge < -0.3 is 9.64 Å². The Hall–Kier alpha value is -1.40. The van der Waals surface area contributed by atoms with Crippen LogP contribution in [0.4, 0.5) is 0 Å². The number of carbonyl (C=O) groups is 1. The Morgan fingerprint density at radius 2 is 2.04 bits per heavy atom. The topological polar surface area (TPSA) is 63.7 Å². The Balaban J connectivity index is 1.68. The Morgan fingerprint density at radius 1 is 1.33 bits per heavy atom. The van der Waals surface area contributed by atoms with Gasteiger partial charge in [-0.15, -0.1) is 0 Å². The van der Waals surface area contributed by atoms with Gasteiger partial charge in [-0.3, -0.25) is 4.79 Å². The number of benzene rings is 1. The monoisotopic (exact) mass is 351 g/mol. The summed E-state index contributed by atoms with van der Waals surface area (Å²) in [5.41, 5.74) is 2.09. The molecule has 2 heterocycles. The molecule has 1 amide bonds. The van der Waals surface area contributed by atoms with Crippen LogP contribution in [0, 0.1) is 12.8 Å². The molecule has 2 aliphatic rings. The van der Waals surface area contributed by atoms with Crippen molar-refractivity contribution in [3.8, 4) is 0 Å². The lowest BCUT2D eigenvalue weighted by Crippen LogP contribution is -2.69. The third-order valence-corrected chi connectivity index (χ3v) is 8.10. The normalized spacial score (nSPS) is 24.1. The van der Waals surface area contributed by atoms with Gasteiger partial charge in [0.1, 0.15) is 4.75 Å². The molecule has 0 unspecified atom stereocenters. The first kappa shape index (κ1) is 17.4. The predicted octanol–water partition coefficient (Wildman–Crippen LogP) is 1.59. The Bertz CT molecular complexity index is 722. The lowest BCUT2D eigenvalue weighted by Gasteiger charge is -2.50. The minimum atomic E-state index is -3.15. The minimum absolute atomic E-state index is 0.00459. The number of carbonyl (C=O) groups excluding carboxylic acids is 1. The summed E-state index contributed by atoms with van der Waals surface area (Å²) in [6.07, 6.45) is 0.973. The summed E-state index contributed by atoms with van der Waals surface area (Å²) < 4.78 is 29.8. The van der Waals surface area contributed by atoms with Crippen molar-refractivity contribution < 1.29 is 17.9 Å². The third kappa shape index (κ3) is 2.86. The average molecular weight is 351 g/mol. The van der Waals surface area contributed by atoms with E-state index >= 15 is 0 Å². The first-order valence-electron chi connectivity index (χ1n) is 8.52. The van der Waals surface area contributed by atoms with E-state index in [0.717, 1.165) is 11.1 Å². The molecule has 2 aliphatic heterocycles. The van der Waals surface area contributed by atoms with Crippen LogP contribution in [0.1, 0.15) is 24.5 Å². The van der Waals surface area contributed by atoms with Crippen LogP contribution in [0.2, 0.25) is 0 Å². The van der Waals surface area contributed by atoms with E-state index in [2.05, 4.69) is 0 Å². The van der Waals surface area contributed by atoms with Crippen LogP contribution in [0.25, 0.3) is 0 Å². The van der Waals surface area contributed by atoms with E-state index < -0.39 is 14.6 Å². The zero-order chi connectivity index (χ0) is 17.4. The number of rotatable bonds is 5. The van der Waals surface area contributed by atoms with Gasteiger partial charge in [-0.2, -0.15) is 0 Å². The molecule has 1 aromatic rings. The van der Waals surface area contributed by atoms with Gasteiger partial charge in [0.2, 0.25) is 5.91 Å². The lowest BCUT2D eigenvalue weighted by molar-refractivity contribution is -0.137. The molecule has 1 spiro atoms. The van der Waals surface area contributed by atoms with Gasteiger partial charge in [0.05, 0.1) is 18.8 Å². The molecule has 1 atom stereocenters. The molecule has 1 aromatic carbocycles. The molecule has 5 nitrogen and oxygen atoms in total. The van der Waals surface area contributed by atoms with Crippen LogP contribution in [-0.2, 0) is 25.8 Å². The van der Waals surface area contributed by atoms with Crippen LogP contribution in [0.3, 0.4) is 0 Å². The molecular weight excluding hydrogens is 326 g/mol. The lowest BCUT2D eigenvalue weighted by atomic mass is 9.83. The smallest absolute Gasteiger partial charge is 0.227 e. The van der Waals surface area contributed by atoms with Crippen molar-refractivity contribution in [3.05, 3.63) is 35.4 Å². The van der Waals surface area contributed by atoms with Crippen molar-refractivity contribution in [2.24, 2.45) is 5.92 Å². The van der Waals surface area contributed by atoms with E-state index in [9.17, 15) is 13.2 Å². The molecule has 0 N–H and O–H groups in total. The molecule has 24 heavy (non-hydrogen) atoms. The first-order chi connectivity index (χ1) is 11.4. The SMILES string of the molecule is CCOC[C@H]1CCS(=O)(=O)C12CN(C(=O)Cc1ccccc1C)C2. The van der Waals surface area contributed by atoms with Crippen LogP contribution < -0.4 is 0 Å². The van der Waals surface area contributed by atoms with Crippen LogP contribution in [-0.4, -0.2) is 56.0 Å². The standard InChI is InChI=1S/C18H25NO4S/c1-3-23-11-16-8-9-24(21,22)18(16)12-19(13-18)17(20)10-15-7-5-4-6-14(15)2/h4-7,16H,3,8-13H2,1-2H3/t16-/m1/s1. The van der Waals surface area contributed by atoms with Crippen LogP contribution in [0.5, 0.6) is 0 Å². The number of hydrogen-bond donors (Lipinski definition) is 0. The maximum atomic E-state index is 12.5. The fourth-order valence-corrected chi connectivity index (χ4v) is 6.23. The number of sulfone groups is 1. The Morgan fingerprint density at radius 3 is 2.71 bits per heavy atom. The van der Waals surface area contributed by atoms with E-state index in [1.165, 1.54) is 0 Å². The predicted molar refractivity (Wildman–Crippen MR) is 92.6 cm³/mol. The zero-order valence-corrected chi connectivity index (χ0v) is 15.1. The van der Waals surface area contributed by atoms with Crippen molar-refractivity contribution in [1.29, 1.82) is 0 Å². The summed E-state index contributed by atoms with van der Waals surface area (Å²) >= 11 is 0. The molecule has 132 valence electrons. The molecule has 0 radical (unpaired) electrons. The number of ether oxygens (including phenoxy) is 1. The van der Waals surface area contributed by atoms with E-state index in [1.54, 1.807) is 4.90 Å². The van der Waals surface area contributed by atoms with Gasteiger partial charge in [-0.1, -0.05) is 24.3 Å². The summed E-state index contributed by atoms with van der Waals surface area (Å²) in [4.78, 5) is 14.2. The fraction of sp³-hybridized carbons (Fsp3) is 0.611. The minimum Gasteiger partial charge on any atom is -0.381 e. The molecule has 3 rings (SSSR count). The number of hydrogen-bond acceptors (Lipinski definition) is 4. The van der Waals surface area contributed by atoms with E-state index in [-0.39, 0.29) is 17.6 Å². The highest BCUT2D eigenvalue weighted by molar-refractivity contribution is 7.93. The van der Waals surface area contributed by atoms with Gasteiger partial charge in [0, 0.05) is 25.6 Å². The van der Waals surface area contributed by atoms with Gasteiger partial charge >= 0.3 is 0 Å². The Labute approximate surface area is 143 Å². The molecular formula is C18H25NO4S. The summed E-state index contributed by atoms with van der Waals surface area (Å²) in [7, 11) is -3.15. The van der Waals surface area contributed by atoms with E-state index in [0.29, 0.717) is 39.1 Å². The van der Waals surface area contributed by atoms with E-state index in [4.69, 9.17) is 4.74 Å². The van der Waals surface area contributed by atoms with Crippen molar-refractivity contribution >= 4 is 15.7 Å². The second-order valence-electron chi connectivity index (χ2n) is 6.88. The summed E-state index contributed by atoms with van der Waals surface area (Å²) in [6, 6.07) is 7.81. The quantitative estimate of drug-likeness (QED) is 0.808. The fourth-order valence-electron chi connectivity index (χ4n) is 3.83. The second-order valence-corrected chi connectivity index (χ2v) is 9.33. The van der Waals surface area contributed by atoms with Crippen LogP contribution >= 0.6 is 0 Å². The van der Waals surface area contributed by atoms with E-state index in [1.807, 2.05) is 38.1 Å². The Kier molecular flexibility index (Phi) is 4.71. The third-order valence-electron chi connectivity index (χ3n) is 5.49. The molecule has 2 saturated heterocycles. The zero-order valence-electron chi connectivity index (χ0n) is 14.3. The van der Waals surface area contributed by atoms with Crippen molar-refractivity contribution in [1.82, 2.24) is 4.90 Å². The number of nitrogens with zero attached hydrogens (tertiary/aromatic N) is 1. The summed E-state index contributed by atoms with van der Waals surface area (Å²) in [5.74, 6) is 0.224. The molecule has 0 aliphatic carbocycles. The number of amides is 1. The molecule has 6 heteroatoms. The summed E-state index contributed by atoms with van der Waals surface area (Å²) in [6.45, 7) is 5.59. The van der Waals surface area contributed by atoms with Crippen molar-refractivity contribution in [2.45, 2.75) is 31.4 Å². The van der Waals surface area contributed by atoms with Gasteiger partial charge in [0.25, 0.3) is 0 Å². The van der Waals surface area contributed by atoms with Gasteiger partial charge in [-0.05, 0) is 31.4 Å². The average Bonchev–Trinajstić information content (AvgIpc) is 2.76. The highest BCUT2D eigenvalue weighted by atomic mass is 32.2. The largest absolute Gasteiger partial charge is 0.381 e.